The van der Waals surface area contributed by atoms with Gasteiger partial charge in [-0.1, -0.05) is 18.9 Å². The van der Waals surface area contributed by atoms with Gasteiger partial charge in [-0.25, -0.2) is 4.39 Å². The first-order chi connectivity index (χ1) is 7.69. The molecule has 2 heteroatoms. The molecule has 0 heterocycles. The molecule has 0 unspecified atom stereocenters. The van der Waals surface area contributed by atoms with E-state index < -0.39 is 5.82 Å². The minimum absolute atomic E-state index is 0.128. The first kappa shape index (κ1) is 10.5. The van der Waals surface area contributed by atoms with Gasteiger partial charge in [-0.15, -0.1) is 6.42 Å². The van der Waals surface area contributed by atoms with Gasteiger partial charge >= 0.3 is 0 Å². The summed E-state index contributed by atoms with van der Waals surface area (Å²) in [6.45, 7) is 1.97. The Morgan fingerprint density at radius 1 is 1.31 bits per heavy atom. The molecule has 0 aliphatic rings. The molecule has 0 aliphatic heterocycles. The van der Waals surface area contributed by atoms with Gasteiger partial charge in [0.05, 0.1) is 5.56 Å². The lowest BCUT2D eigenvalue weighted by molar-refractivity contribution is 0.481. The number of hydrogen-bond donors (Lipinski definition) is 1. The predicted octanol–water partition coefficient (Wildman–Crippen LogP) is 3.23. The maximum Gasteiger partial charge on any atom is 0.139 e. The molecule has 16 heavy (non-hydrogen) atoms. The van der Waals surface area contributed by atoms with Crippen molar-refractivity contribution in [3.05, 3.63) is 41.2 Å². The van der Waals surface area contributed by atoms with Crippen LogP contribution in [-0.4, -0.2) is 5.11 Å². The van der Waals surface area contributed by atoms with E-state index in [0.717, 1.165) is 12.0 Å². The Labute approximate surface area is 93.5 Å². The molecule has 0 fully saturated rings. The zero-order valence-electron chi connectivity index (χ0n) is 8.92. The largest absolute Gasteiger partial charge is 0.507 e. The number of phenols is 1. The molecule has 0 saturated carbocycles. The average molecular weight is 214 g/mol. The third-order valence-electron chi connectivity index (χ3n) is 2.72. The fourth-order valence-corrected chi connectivity index (χ4v) is 1.91. The van der Waals surface area contributed by atoms with Crippen molar-refractivity contribution in [1.29, 1.82) is 0 Å². The highest BCUT2D eigenvalue weighted by Crippen LogP contribution is 2.31. The predicted molar refractivity (Wildman–Crippen MR) is 62.9 cm³/mol. The number of benzene rings is 2. The lowest BCUT2D eigenvalue weighted by Crippen LogP contribution is -1.92. The Hall–Kier alpha value is -2.01. The van der Waals surface area contributed by atoms with E-state index in [4.69, 9.17) is 6.42 Å². The maximum absolute atomic E-state index is 13.5. The highest BCUT2D eigenvalue weighted by Gasteiger charge is 2.11. The zero-order chi connectivity index (χ0) is 11.7. The highest BCUT2D eigenvalue weighted by molar-refractivity contribution is 5.95. The van der Waals surface area contributed by atoms with Gasteiger partial charge in [0.25, 0.3) is 0 Å². The minimum Gasteiger partial charge on any atom is -0.507 e. The Kier molecular flexibility index (Phi) is 2.54. The van der Waals surface area contributed by atoms with Crippen LogP contribution >= 0.6 is 0 Å². The molecule has 0 aromatic heterocycles. The number of phenolic OH excluding ortho intramolecular Hbond substituents is 1. The van der Waals surface area contributed by atoms with Crippen LogP contribution in [0, 0.1) is 18.2 Å². The van der Waals surface area contributed by atoms with Gasteiger partial charge in [0.1, 0.15) is 11.6 Å². The smallest absolute Gasteiger partial charge is 0.139 e. The van der Waals surface area contributed by atoms with Crippen LogP contribution in [0.2, 0.25) is 0 Å². The summed E-state index contributed by atoms with van der Waals surface area (Å²) in [4.78, 5) is 0. The van der Waals surface area contributed by atoms with Crippen molar-refractivity contribution in [3.8, 4) is 18.1 Å². The van der Waals surface area contributed by atoms with E-state index in [2.05, 4.69) is 5.92 Å². The van der Waals surface area contributed by atoms with Crippen molar-refractivity contribution in [3.63, 3.8) is 0 Å². The standard InChI is InChI=1S/C14H11FO/c1-3-9-5-8-13(16)11-6-7-12(15)10(4-2)14(9)11/h2,5-8,16H,3H2,1H3. The number of aromatic hydroxyl groups is 1. The number of terminal acetylenes is 1. The van der Waals surface area contributed by atoms with Crippen LogP contribution in [0.15, 0.2) is 24.3 Å². The second kappa shape index (κ2) is 3.86. The summed E-state index contributed by atoms with van der Waals surface area (Å²) in [6, 6.07) is 6.23. The zero-order valence-corrected chi connectivity index (χ0v) is 8.92. The molecule has 2 aromatic carbocycles. The SMILES string of the molecule is C#Cc1c(F)ccc2c(O)ccc(CC)c12. The van der Waals surface area contributed by atoms with E-state index >= 15 is 0 Å². The summed E-state index contributed by atoms with van der Waals surface area (Å²) in [5.41, 5.74) is 1.17. The Balaban J connectivity index is 3.01. The van der Waals surface area contributed by atoms with Crippen molar-refractivity contribution in [1.82, 2.24) is 0 Å². The summed E-state index contributed by atoms with van der Waals surface area (Å²) < 4.78 is 13.5. The lowest BCUT2D eigenvalue weighted by atomic mass is 9.97. The average Bonchev–Trinajstić information content (AvgIpc) is 2.29. The van der Waals surface area contributed by atoms with Crippen molar-refractivity contribution in [2.24, 2.45) is 0 Å². The third kappa shape index (κ3) is 1.42. The molecule has 2 rings (SSSR count). The molecule has 1 N–H and O–H groups in total. The minimum atomic E-state index is -0.421. The second-order valence-corrected chi connectivity index (χ2v) is 3.59. The van der Waals surface area contributed by atoms with Gasteiger partial charge < -0.3 is 5.11 Å². The lowest BCUT2D eigenvalue weighted by Gasteiger charge is -2.09. The molecule has 2 aromatic rings. The fourth-order valence-electron chi connectivity index (χ4n) is 1.91. The summed E-state index contributed by atoms with van der Waals surface area (Å²) in [7, 11) is 0. The summed E-state index contributed by atoms with van der Waals surface area (Å²) in [6.07, 6.45) is 6.06. The van der Waals surface area contributed by atoms with E-state index in [1.165, 1.54) is 6.07 Å². The second-order valence-electron chi connectivity index (χ2n) is 3.59. The Bertz CT molecular complexity index is 594. The molecule has 80 valence electrons. The quantitative estimate of drug-likeness (QED) is 0.722. The van der Waals surface area contributed by atoms with Crippen molar-refractivity contribution >= 4 is 10.8 Å². The fraction of sp³-hybridized carbons (Fsp3) is 0.143. The molecular formula is C14H11FO. The van der Waals surface area contributed by atoms with Gasteiger partial charge in [0.2, 0.25) is 0 Å². The molecule has 0 bridgehead atoms. The van der Waals surface area contributed by atoms with Crippen LogP contribution in [0.25, 0.3) is 10.8 Å². The van der Waals surface area contributed by atoms with E-state index in [1.807, 2.05) is 6.92 Å². The number of hydrogen-bond acceptors (Lipinski definition) is 1. The number of rotatable bonds is 1. The van der Waals surface area contributed by atoms with Crippen LogP contribution in [0.1, 0.15) is 18.1 Å². The van der Waals surface area contributed by atoms with Crippen LogP contribution in [0.5, 0.6) is 5.75 Å². The normalized spacial score (nSPS) is 10.3. The van der Waals surface area contributed by atoms with Gasteiger partial charge in [-0.2, -0.15) is 0 Å². The summed E-state index contributed by atoms with van der Waals surface area (Å²) >= 11 is 0. The van der Waals surface area contributed by atoms with Crippen molar-refractivity contribution < 1.29 is 9.50 Å². The number of fused-ring (bicyclic) bond motifs is 1. The molecule has 1 nitrogen and oxygen atoms in total. The monoisotopic (exact) mass is 214 g/mol. The number of halogens is 1. The molecule has 0 aliphatic carbocycles. The first-order valence-electron chi connectivity index (χ1n) is 5.08. The van der Waals surface area contributed by atoms with Crippen LogP contribution in [-0.2, 0) is 6.42 Å². The van der Waals surface area contributed by atoms with E-state index in [1.54, 1.807) is 18.2 Å². The third-order valence-corrected chi connectivity index (χ3v) is 2.72. The first-order valence-corrected chi connectivity index (χ1v) is 5.08. The molecule has 0 amide bonds. The van der Waals surface area contributed by atoms with Crippen molar-refractivity contribution in [2.75, 3.05) is 0 Å². The van der Waals surface area contributed by atoms with E-state index in [-0.39, 0.29) is 11.3 Å². The van der Waals surface area contributed by atoms with Gasteiger partial charge in [-0.05, 0) is 30.2 Å². The van der Waals surface area contributed by atoms with Crippen molar-refractivity contribution in [2.45, 2.75) is 13.3 Å². The van der Waals surface area contributed by atoms with Crippen LogP contribution in [0.4, 0.5) is 4.39 Å². The molecule has 0 radical (unpaired) electrons. The molecule has 0 spiro atoms. The van der Waals surface area contributed by atoms with Gasteiger partial charge in [0, 0.05) is 10.8 Å². The molecular weight excluding hydrogens is 203 g/mol. The molecule has 0 atom stereocenters. The van der Waals surface area contributed by atoms with Gasteiger partial charge in [0.15, 0.2) is 0 Å². The Morgan fingerprint density at radius 2 is 2.06 bits per heavy atom. The van der Waals surface area contributed by atoms with E-state index in [9.17, 15) is 9.50 Å². The molecule has 0 saturated heterocycles. The summed E-state index contributed by atoms with van der Waals surface area (Å²) in [5.74, 6) is 2.06. The number of aryl methyl sites for hydroxylation is 1. The van der Waals surface area contributed by atoms with Crippen LogP contribution in [0.3, 0.4) is 0 Å². The summed E-state index contributed by atoms with van der Waals surface area (Å²) in [5, 5.41) is 11.0. The van der Waals surface area contributed by atoms with E-state index in [0.29, 0.717) is 10.8 Å². The maximum atomic E-state index is 13.5. The van der Waals surface area contributed by atoms with Crippen LogP contribution < -0.4 is 0 Å². The van der Waals surface area contributed by atoms with Gasteiger partial charge in [-0.3, -0.25) is 0 Å². The highest BCUT2D eigenvalue weighted by atomic mass is 19.1. The Morgan fingerprint density at radius 3 is 2.69 bits per heavy atom. The topological polar surface area (TPSA) is 20.2 Å².